The van der Waals surface area contributed by atoms with Gasteiger partial charge in [-0.2, -0.15) is 0 Å². The van der Waals surface area contributed by atoms with Crippen molar-refractivity contribution < 1.29 is 56.9 Å². The van der Waals surface area contributed by atoms with Gasteiger partial charge in [-0.25, -0.2) is 0 Å². The molecule has 0 amide bonds. The second-order valence-corrected chi connectivity index (χ2v) is 0.957. The zero-order chi connectivity index (χ0) is 4.12. The average Bonchev–Trinajstić information content (AvgIpc) is 1.41. The van der Waals surface area contributed by atoms with E-state index in [1.165, 1.54) is 0 Å². The quantitative estimate of drug-likeness (QED) is 0.417. The SMILES string of the molecule is CCNCC.[K+].[OH-]. The van der Waals surface area contributed by atoms with Crippen LogP contribution in [0.25, 0.3) is 0 Å². The van der Waals surface area contributed by atoms with Gasteiger partial charge in [-0.15, -0.1) is 0 Å². The van der Waals surface area contributed by atoms with E-state index in [4.69, 9.17) is 0 Å². The Balaban J connectivity index is -0.0000000800. The first-order valence-electron chi connectivity index (χ1n) is 2.12. The number of rotatable bonds is 2. The second-order valence-electron chi connectivity index (χ2n) is 0.957. The standard InChI is InChI=1S/C4H11N.K.H2O/c1-3-5-4-2;;/h5H,3-4H2,1-2H3;;1H2/q;+1;/p-1. The van der Waals surface area contributed by atoms with E-state index in [1.54, 1.807) is 0 Å². The second kappa shape index (κ2) is 15.6. The third kappa shape index (κ3) is 18.4. The van der Waals surface area contributed by atoms with E-state index in [1.807, 2.05) is 0 Å². The van der Waals surface area contributed by atoms with Crippen LogP contribution < -0.4 is 56.7 Å². The summed E-state index contributed by atoms with van der Waals surface area (Å²) in [6.45, 7) is 6.39. The molecule has 0 aromatic carbocycles. The van der Waals surface area contributed by atoms with Gasteiger partial charge < -0.3 is 10.8 Å². The van der Waals surface area contributed by atoms with Crippen LogP contribution in [0.2, 0.25) is 0 Å². The predicted octanol–water partition coefficient (Wildman–Crippen LogP) is -2.56. The Bertz CT molecular complexity index is 19.2. The average molecular weight is 129 g/mol. The molecule has 0 fully saturated rings. The molecule has 0 aliphatic heterocycles. The Morgan fingerprint density at radius 1 is 1.14 bits per heavy atom. The minimum absolute atomic E-state index is 0. The fourth-order valence-corrected chi connectivity index (χ4v) is 0.250. The molecule has 40 valence electrons. The Morgan fingerprint density at radius 2 is 1.43 bits per heavy atom. The van der Waals surface area contributed by atoms with Crippen molar-refractivity contribution >= 4 is 0 Å². The van der Waals surface area contributed by atoms with E-state index in [0.717, 1.165) is 13.1 Å². The maximum Gasteiger partial charge on any atom is 1.00 e. The Kier molecular flexibility index (Phi) is 35.4. The first-order valence-corrected chi connectivity index (χ1v) is 2.12. The van der Waals surface area contributed by atoms with Gasteiger partial charge in [0.25, 0.3) is 0 Å². The van der Waals surface area contributed by atoms with Crippen molar-refractivity contribution in [2.24, 2.45) is 0 Å². The summed E-state index contributed by atoms with van der Waals surface area (Å²) in [4.78, 5) is 0. The summed E-state index contributed by atoms with van der Waals surface area (Å²) in [5.41, 5.74) is 0. The minimum Gasteiger partial charge on any atom is -0.870 e. The summed E-state index contributed by atoms with van der Waals surface area (Å²) < 4.78 is 0. The van der Waals surface area contributed by atoms with Gasteiger partial charge in [-0.05, 0) is 13.1 Å². The van der Waals surface area contributed by atoms with Gasteiger partial charge in [0.2, 0.25) is 0 Å². The molecule has 0 aliphatic rings. The monoisotopic (exact) mass is 129 g/mol. The molecular weight excluding hydrogens is 117 g/mol. The van der Waals surface area contributed by atoms with E-state index in [0.29, 0.717) is 0 Å². The molecule has 3 heteroatoms. The third-order valence-electron chi connectivity index (χ3n) is 0.500. The third-order valence-corrected chi connectivity index (χ3v) is 0.500. The van der Waals surface area contributed by atoms with Crippen LogP contribution >= 0.6 is 0 Å². The number of hydrogen-bond acceptors (Lipinski definition) is 2. The molecule has 0 unspecified atom stereocenters. The summed E-state index contributed by atoms with van der Waals surface area (Å²) in [6, 6.07) is 0. The molecule has 7 heavy (non-hydrogen) atoms. The molecule has 0 saturated carbocycles. The molecule has 0 atom stereocenters. The van der Waals surface area contributed by atoms with E-state index in [-0.39, 0.29) is 56.9 Å². The van der Waals surface area contributed by atoms with Crippen molar-refractivity contribution in [3.63, 3.8) is 0 Å². The summed E-state index contributed by atoms with van der Waals surface area (Å²) in [5.74, 6) is 0. The maximum atomic E-state index is 3.11. The van der Waals surface area contributed by atoms with Gasteiger partial charge in [0.05, 0.1) is 0 Å². The van der Waals surface area contributed by atoms with Gasteiger partial charge in [0.15, 0.2) is 0 Å². The molecule has 2 N–H and O–H groups in total. The summed E-state index contributed by atoms with van der Waals surface area (Å²) in [7, 11) is 0. The predicted molar refractivity (Wildman–Crippen MR) is 26.2 cm³/mol. The molecule has 0 radical (unpaired) electrons. The Hall–Kier alpha value is 1.56. The molecule has 0 spiro atoms. The fourth-order valence-electron chi connectivity index (χ4n) is 0.250. The van der Waals surface area contributed by atoms with Crippen molar-refractivity contribution in [2.75, 3.05) is 13.1 Å². The molecule has 0 saturated heterocycles. The molecule has 0 bridgehead atoms. The van der Waals surface area contributed by atoms with Gasteiger partial charge in [0, 0.05) is 0 Å². The van der Waals surface area contributed by atoms with Crippen LogP contribution in [-0.4, -0.2) is 18.6 Å². The molecule has 0 aromatic rings. The normalized spacial score (nSPS) is 6.00. The zero-order valence-electron chi connectivity index (χ0n) is 5.36. The van der Waals surface area contributed by atoms with Crippen molar-refractivity contribution in [1.29, 1.82) is 0 Å². The van der Waals surface area contributed by atoms with E-state index < -0.39 is 0 Å². The number of nitrogens with one attached hydrogen (secondary N) is 1. The summed E-state index contributed by atoms with van der Waals surface area (Å²) in [6.07, 6.45) is 0. The van der Waals surface area contributed by atoms with Crippen molar-refractivity contribution in [3.8, 4) is 0 Å². The van der Waals surface area contributed by atoms with Crippen LogP contribution in [0.3, 0.4) is 0 Å². The number of hydrogen-bond donors (Lipinski definition) is 1. The molecule has 0 heterocycles. The van der Waals surface area contributed by atoms with Crippen LogP contribution in [-0.2, 0) is 0 Å². The van der Waals surface area contributed by atoms with Gasteiger partial charge in [0.1, 0.15) is 0 Å². The molecule has 0 aliphatic carbocycles. The maximum absolute atomic E-state index is 3.11. The fraction of sp³-hybridized carbons (Fsp3) is 1.00. The Morgan fingerprint density at radius 3 is 1.43 bits per heavy atom. The largest absolute Gasteiger partial charge is 1.00 e. The van der Waals surface area contributed by atoms with Crippen LogP contribution in [0.15, 0.2) is 0 Å². The van der Waals surface area contributed by atoms with Gasteiger partial charge >= 0.3 is 51.4 Å². The van der Waals surface area contributed by atoms with E-state index in [2.05, 4.69) is 19.2 Å². The summed E-state index contributed by atoms with van der Waals surface area (Å²) in [5, 5.41) is 3.11. The molecule has 0 aromatic heterocycles. The zero-order valence-corrected chi connectivity index (χ0v) is 8.48. The van der Waals surface area contributed by atoms with Crippen molar-refractivity contribution in [2.45, 2.75) is 13.8 Å². The van der Waals surface area contributed by atoms with Crippen molar-refractivity contribution in [1.82, 2.24) is 5.32 Å². The molecule has 0 rings (SSSR count). The first kappa shape index (κ1) is 15.8. The first-order chi connectivity index (χ1) is 2.41. The minimum atomic E-state index is 0. The topological polar surface area (TPSA) is 42.0 Å². The Labute approximate surface area is 87.8 Å². The van der Waals surface area contributed by atoms with Gasteiger partial charge in [-0.3, -0.25) is 0 Å². The summed E-state index contributed by atoms with van der Waals surface area (Å²) >= 11 is 0. The molecule has 2 nitrogen and oxygen atoms in total. The van der Waals surface area contributed by atoms with Crippen LogP contribution in [0.5, 0.6) is 0 Å². The smallest absolute Gasteiger partial charge is 0.870 e. The molecular formula is C4H12KNO. The van der Waals surface area contributed by atoms with Gasteiger partial charge in [-0.1, -0.05) is 13.8 Å². The van der Waals surface area contributed by atoms with Crippen LogP contribution in [0.1, 0.15) is 13.8 Å². The van der Waals surface area contributed by atoms with Crippen LogP contribution in [0, 0.1) is 0 Å². The van der Waals surface area contributed by atoms with E-state index >= 15 is 0 Å². The van der Waals surface area contributed by atoms with Crippen LogP contribution in [0.4, 0.5) is 0 Å². The van der Waals surface area contributed by atoms with E-state index in [9.17, 15) is 0 Å². The van der Waals surface area contributed by atoms with Crippen molar-refractivity contribution in [3.05, 3.63) is 0 Å².